The molecule has 0 aliphatic carbocycles. The molecule has 0 radical (unpaired) electrons. The average Bonchev–Trinajstić information content (AvgIpc) is 2.56. The second-order valence-corrected chi connectivity index (χ2v) is 5.43. The molecule has 0 saturated heterocycles. The molecule has 4 nitrogen and oxygen atoms in total. The summed E-state index contributed by atoms with van der Waals surface area (Å²) < 4.78 is 17.1. The fraction of sp³-hybridized carbons (Fsp3) is 0.235. The molecule has 0 unspecified atom stereocenters. The summed E-state index contributed by atoms with van der Waals surface area (Å²) in [4.78, 5) is 12.1. The monoisotopic (exact) mass is 412 g/mol. The first-order valence-corrected chi connectivity index (χ1v) is 8.46. The van der Waals surface area contributed by atoms with Crippen molar-refractivity contribution in [2.45, 2.75) is 0 Å². The highest BCUT2D eigenvalue weighted by Crippen LogP contribution is 2.25. The van der Waals surface area contributed by atoms with Gasteiger partial charge in [0.15, 0.2) is 0 Å². The third-order valence-electron chi connectivity index (χ3n) is 2.76. The number of hydrogen-bond donors (Lipinski definition) is 0. The lowest BCUT2D eigenvalue weighted by atomic mass is 10.2. The quantitative estimate of drug-likeness (QED) is 0.284. The lowest BCUT2D eigenvalue weighted by molar-refractivity contribution is 0.0338. The maximum Gasteiger partial charge on any atom is 0.342 e. The van der Waals surface area contributed by atoms with Gasteiger partial charge in [0.2, 0.25) is 0 Å². The Morgan fingerprint density at radius 1 is 0.909 bits per heavy atom. The van der Waals surface area contributed by atoms with Crippen LogP contribution in [0.5, 0.6) is 11.5 Å². The van der Waals surface area contributed by atoms with E-state index in [-0.39, 0.29) is 6.61 Å². The summed E-state index contributed by atoms with van der Waals surface area (Å²) in [7, 11) is 0. The van der Waals surface area contributed by atoms with Crippen LogP contribution >= 0.6 is 22.6 Å². The van der Waals surface area contributed by atoms with E-state index in [1.807, 2.05) is 36.4 Å². The van der Waals surface area contributed by atoms with Gasteiger partial charge in [-0.15, -0.1) is 0 Å². The smallest absolute Gasteiger partial charge is 0.342 e. The molecule has 5 heteroatoms. The molecule has 22 heavy (non-hydrogen) atoms. The normalized spacial score (nSPS) is 10.2. The highest BCUT2D eigenvalue weighted by Gasteiger charge is 2.14. The van der Waals surface area contributed by atoms with Crippen LogP contribution in [0.25, 0.3) is 0 Å². The summed E-state index contributed by atoms with van der Waals surface area (Å²) in [6, 6.07) is 16.4. The van der Waals surface area contributed by atoms with Crippen molar-refractivity contribution in [2.24, 2.45) is 0 Å². The summed E-state index contributed by atoms with van der Waals surface area (Å²) in [6.45, 7) is 1.29. The lowest BCUT2D eigenvalue weighted by Gasteiger charge is -2.11. The van der Waals surface area contributed by atoms with Gasteiger partial charge in [0.25, 0.3) is 0 Å². The zero-order chi connectivity index (χ0) is 15.6. The highest BCUT2D eigenvalue weighted by molar-refractivity contribution is 14.1. The van der Waals surface area contributed by atoms with Gasteiger partial charge < -0.3 is 14.2 Å². The number of benzene rings is 2. The summed E-state index contributed by atoms with van der Waals surface area (Å²) >= 11 is 2.23. The first kappa shape index (κ1) is 16.8. The molecule has 0 bridgehead atoms. The van der Waals surface area contributed by atoms with E-state index in [9.17, 15) is 4.79 Å². The van der Waals surface area contributed by atoms with E-state index in [4.69, 9.17) is 14.2 Å². The first-order chi connectivity index (χ1) is 10.8. The van der Waals surface area contributed by atoms with Crippen LogP contribution in [0.3, 0.4) is 0 Å². The van der Waals surface area contributed by atoms with Gasteiger partial charge in [-0.05, 0) is 24.3 Å². The fourth-order valence-electron chi connectivity index (χ4n) is 1.77. The van der Waals surface area contributed by atoms with Crippen molar-refractivity contribution in [1.29, 1.82) is 0 Å². The summed E-state index contributed by atoms with van der Waals surface area (Å²) in [5, 5.41) is 0. The van der Waals surface area contributed by atoms with Gasteiger partial charge in [-0.25, -0.2) is 4.79 Å². The topological polar surface area (TPSA) is 44.8 Å². The van der Waals surface area contributed by atoms with Crippen molar-refractivity contribution in [3.8, 4) is 11.5 Å². The van der Waals surface area contributed by atoms with Gasteiger partial charge >= 0.3 is 5.97 Å². The van der Waals surface area contributed by atoms with Crippen LogP contribution in [-0.2, 0) is 9.47 Å². The molecule has 0 spiro atoms. The van der Waals surface area contributed by atoms with Crippen molar-refractivity contribution >= 4 is 28.6 Å². The number of alkyl halides is 1. The molecule has 2 aromatic rings. The number of rotatable bonds is 8. The molecule has 0 aliphatic heterocycles. The highest BCUT2D eigenvalue weighted by atomic mass is 127. The van der Waals surface area contributed by atoms with Gasteiger partial charge in [0.05, 0.1) is 13.2 Å². The molecular weight excluding hydrogens is 395 g/mol. The van der Waals surface area contributed by atoms with Crippen molar-refractivity contribution in [1.82, 2.24) is 0 Å². The van der Waals surface area contributed by atoms with Crippen molar-refractivity contribution < 1.29 is 19.0 Å². The average molecular weight is 412 g/mol. The van der Waals surface area contributed by atoms with Gasteiger partial charge in [0.1, 0.15) is 23.7 Å². The zero-order valence-corrected chi connectivity index (χ0v) is 14.2. The second-order valence-electron chi connectivity index (χ2n) is 4.35. The van der Waals surface area contributed by atoms with E-state index in [1.165, 1.54) is 0 Å². The molecule has 2 rings (SSSR count). The molecule has 0 N–H and O–H groups in total. The predicted molar refractivity (Wildman–Crippen MR) is 92.9 cm³/mol. The summed E-state index contributed by atoms with van der Waals surface area (Å²) in [6.07, 6.45) is 0. The van der Waals surface area contributed by atoms with Crippen LogP contribution in [0.2, 0.25) is 0 Å². The predicted octanol–water partition coefficient (Wildman–Crippen LogP) is 4.09. The molecule has 116 valence electrons. The Morgan fingerprint density at radius 3 is 2.41 bits per heavy atom. The van der Waals surface area contributed by atoms with Crippen molar-refractivity contribution in [2.75, 3.05) is 24.2 Å². The number of carbonyl (C=O) groups excluding carboxylic acids is 1. The molecule has 0 amide bonds. The Labute approximate surface area is 143 Å². The van der Waals surface area contributed by atoms with E-state index in [0.29, 0.717) is 30.3 Å². The fourth-order valence-corrected chi connectivity index (χ4v) is 2.08. The Bertz CT molecular complexity index is 586. The van der Waals surface area contributed by atoms with Gasteiger partial charge in [-0.1, -0.05) is 52.9 Å². The maximum absolute atomic E-state index is 12.1. The summed E-state index contributed by atoms with van der Waals surface area (Å²) in [5.74, 6) is 0.740. The SMILES string of the molecule is O=C(OCCOCCI)c1ccccc1Oc1ccccc1. The Kier molecular flexibility index (Phi) is 7.18. The standard InChI is InChI=1S/C17H17IO4/c18-10-11-20-12-13-21-17(19)15-8-4-5-9-16(15)22-14-6-2-1-3-7-14/h1-9H,10-13H2. The first-order valence-electron chi connectivity index (χ1n) is 6.94. The van der Waals surface area contributed by atoms with Gasteiger partial charge in [-0.3, -0.25) is 0 Å². The van der Waals surface area contributed by atoms with E-state index in [1.54, 1.807) is 18.2 Å². The molecule has 0 aromatic heterocycles. The minimum Gasteiger partial charge on any atom is -0.460 e. The maximum atomic E-state index is 12.1. The largest absolute Gasteiger partial charge is 0.460 e. The van der Waals surface area contributed by atoms with Crippen molar-refractivity contribution in [3.05, 3.63) is 60.2 Å². The van der Waals surface area contributed by atoms with E-state index >= 15 is 0 Å². The van der Waals surface area contributed by atoms with E-state index < -0.39 is 5.97 Å². The number of para-hydroxylation sites is 2. The molecule has 0 saturated carbocycles. The van der Waals surface area contributed by atoms with E-state index in [2.05, 4.69) is 22.6 Å². The molecule has 0 heterocycles. The summed E-state index contributed by atoms with van der Waals surface area (Å²) in [5.41, 5.74) is 0.403. The van der Waals surface area contributed by atoms with E-state index in [0.717, 1.165) is 4.43 Å². The van der Waals surface area contributed by atoms with Crippen LogP contribution in [0, 0.1) is 0 Å². The molecule has 0 atom stereocenters. The van der Waals surface area contributed by atoms with Crippen LogP contribution in [0.1, 0.15) is 10.4 Å². The molecule has 0 fully saturated rings. The molecule has 0 aliphatic rings. The van der Waals surface area contributed by atoms with Crippen LogP contribution in [0.4, 0.5) is 0 Å². The number of hydrogen-bond acceptors (Lipinski definition) is 4. The van der Waals surface area contributed by atoms with Gasteiger partial charge in [0, 0.05) is 4.43 Å². The number of ether oxygens (including phenoxy) is 3. The van der Waals surface area contributed by atoms with Crippen LogP contribution in [0.15, 0.2) is 54.6 Å². The number of halogens is 1. The molecular formula is C17H17IO4. The minimum atomic E-state index is -0.412. The number of carbonyl (C=O) groups is 1. The lowest BCUT2D eigenvalue weighted by Crippen LogP contribution is -2.12. The Hall–Kier alpha value is -1.60. The Balaban J connectivity index is 1.97. The molecule has 2 aromatic carbocycles. The number of esters is 1. The van der Waals surface area contributed by atoms with Crippen LogP contribution in [-0.4, -0.2) is 30.2 Å². The second kappa shape index (κ2) is 9.42. The minimum absolute atomic E-state index is 0.231. The third-order valence-corrected chi connectivity index (χ3v) is 3.20. The van der Waals surface area contributed by atoms with Crippen molar-refractivity contribution in [3.63, 3.8) is 0 Å². The Morgan fingerprint density at radius 2 is 1.64 bits per heavy atom. The third kappa shape index (κ3) is 5.31. The zero-order valence-electron chi connectivity index (χ0n) is 12.0. The van der Waals surface area contributed by atoms with Crippen LogP contribution < -0.4 is 4.74 Å². The van der Waals surface area contributed by atoms with Gasteiger partial charge in [-0.2, -0.15) is 0 Å².